The zero-order chi connectivity index (χ0) is 10.8. The molecule has 0 fully saturated rings. The largest absolute Gasteiger partial charge is 0.478 e. The summed E-state index contributed by atoms with van der Waals surface area (Å²) in [6.07, 6.45) is 1.35. The van der Waals surface area contributed by atoms with E-state index in [9.17, 15) is 4.79 Å². The van der Waals surface area contributed by atoms with Crippen LogP contribution in [0.25, 0.3) is 10.7 Å². The van der Waals surface area contributed by atoms with Gasteiger partial charge in [-0.15, -0.1) is 11.3 Å². The predicted molar refractivity (Wildman–Crippen MR) is 57.0 cm³/mol. The fourth-order valence-corrected chi connectivity index (χ4v) is 1.87. The third-order valence-corrected chi connectivity index (χ3v) is 2.82. The molecule has 0 amide bonds. The Morgan fingerprint density at radius 2 is 2.33 bits per heavy atom. The van der Waals surface area contributed by atoms with Crippen LogP contribution in [-0.2, 0) is 0 Å². The summed E-state index contributed by atoms with van der Waals surface area (Å²) in [6, 6.07) is 3.81. The molecule has 0 aromatic carbocycles. The highest BCUT2D eigenvalue weighted by Gasteiger charge is 2.10. The van der Waals surface area contributed by atoms with E-state index >= 15 is 0 Å². The first-order valence-corrected chi connectivity index (χ1v) is 5.17. The Balaban J connectivity index is 2.47. The van der Waals surface area contributed by atoms with Gasteiger partial charge in [0.15, 0.2) is 5.82 Å². The molecule has 1 N–H and O–H groups in total. The first kappa shape index (κ1) is 9.79. The highest BCUT2D eigenvalue weighted by atomic mass is 32.1. The second-order valence-electron chi connectivity index (χ2n) is 2.98. The van der Waals surface area contributed by atoms with E-state index in [4.69, 9.17) is 5.11 Å². The minimum absolute atomic E-state index is 0.148. The third-order valence-electron chi connectivity index (χ3n) is 1.95. The highest BCUT2D eigenvalue weighted by molar-refractivity contribution is 7.13. The number of rotatable bonds is 2. The average molecular weight is 220 g/mol. The van der Waals surface area contributed by atoms with Crippen LogP contribution in [0.1, 0.15) is 16.1 Å². The molecule has 2 aromatic rings. The molecule has 5 heteroatoms. The normalized spacial score (nSPS) is 10.2. The van der Waals surface area contributed by atoms with Gasteiger partial charge in [-0.1, -0.05) is 6.07 Å². The van der Waals surface area contributed by atoms with Gasteiger partial charge in [-0.3, -0.25) is 0 Å². The van der Waals surface area contributed by atoms with Crippen molar-refractivity contribution in [1.82, 2.24) is 9.97 Å². The highest BCUT2D eigenvalue weighted by Crippen LogP contribution is 2.21. The third kappa shape index (κ3) is 1.87. The first-order chi connectivity index (χ1) is 7.18. The molecule has 15 heavy (non-hydrogen) atoms. The van der Waals surface area contributed by atoms with Crippen molar-refractivity contribution in [3.8, 4) is 10.7 Å². The lowest BCUT2D eigenvalue weighted by Crippen LogP contribution is -2.03. The van der Waals surface area contributed by atoms with E-state index in [1.54, 1.807) is 6.92 Å². The Labute approximate surface area is 90.3 Å². The second-order valence-corrected chi connectivity index (χ2v) is 3.92. The summed E-state index contributed by atoms with van der Waals surface area (Å²) in [5, 5.41) is 10.7. The van der Waals surface area contributed by atoms with E-state index in [2.05, 4.69) is 9.97 Å². The van der Waals surface area contributed by atoms with E-state index in [1.807, 2.05) is 17.5 Å². The van der Waals surface area contributed by atoms with Crippen molar-refractivity contribution < 1.29 is 9.90 Å². The molecule has 0 aliphatic rings. The average Bonchev–Trinajstić information content (AvgIpc) is 2.69. The number of carboxylic acids is 1. The van der Waals surface area contributed by atoms with Gasteiger partial charge in [-0.2, -0.15) is 0 Å². The summed E-state index contributed by atoms with van der Waals surface area (Å²) >= 11 is 1.53. The maximum absolute atomic E-state index is 10.7. The van der Waals surface area contributed by atoms with Gasteiger partial charge in [0.25, 0.3) is 0 Å². The van der Waals surface area contributed by atoms with Crippen LogP contribution >= 0.6 is 11.3 Å². The summed E-state index contributed by atoms with van der Waals surface area (Å²) in [6.45, 7) is 1.67. The van der Waals surface area contributed by atoms with E-state index in [0.29, 0.717) is 11.5 Å². The van der Waals surface area contributed by atoms with Crippen LogP contribution in [0.15, 0.2) is 23.7 Å². The quantitative estimate of drug-likeness (QED) is 0.842. The Morgan fingerprint density at radius 1 is 1.53 bits per heavy atom. The number of thiophene rings is 1. The monoisotopic (exact) mass is 220 g/mol. The number of aromatic carboxylic acids is 1. The summed E-state index contributed by atoms with van der Waals surface area (Å²) in [5.41, 5.74) is 0.635. The molecule has 0 aliphatic carbocycles. The standard InChI is InChI=1S/C10H8N2O2S/c1-6-7(10(13)14)5-11-9(12-6)8-3-2-4-15-8/h2-5H,1H3,(H,13,14). The predicted octanol–water partition coefficient (Wildman–Crippen LogP) is 2.21. The van der Waals surface area contributed by atoms with Crippen molar-refractivity contribution in [2.75, 3.05) is 0 Å². The van der Waals surface area contributed by atoms with Gasteiger partial charge in [-0.25, -0.2) is 14.8 Å². The summed E-state index contributed by atoms with van der Waals surface area (Å²) in [7, 11) is 0. The van der Waals surface area contributed by atoms with Crippen LogP contribution in [0.3, 0.4) is 0 Å². The topological polar surface area (TPSA) is 63.1 Å². The Morgan fingerprint density at radius 3 is 2.87 bits per heavy atom. The van der Waals surface area contributed by atoms with E-state index in [1.165, 1.54) is 17.5 Å². The maximum atomic E-state index is 10.7. The lowest BCUT2D eigenvalue weighted by atomic mass is 10.2. The van der Waals surface area contributed by atoms with Crippen molar-refractivity contribution in [2.24, 2.45) is 0 Å². The van der Waals surface area contributed by atoms with Gasteiger partial charge in [0.1, 0.15) is 0 Å². The first-order valence-electron chi connectivity index (χ1n) is 4.29. The minimum Gasteiger partial charge on any atom is -0.478 e. The van der Waals surface area contributed by atoms with Crippen LogP contribution in [0.2, 0.25) is 0 Å². The summed E-state index contributed by atoms with van der Waals surface area (Å²) < 4.78 is 0. The van der Waals surface area contributed by atoms with E-state index < -0.39 is 5.97 Å². The molecule has 0 bridgehead atoms. The number of nitrogens with zero attached hydrogens (tertiary/aromatic N) is 2. The summed E-state index contributed by atoms with van der Waals surface area (Å²) in [5.74, 6) is -0.419. The van der Waals surface area contributed by atoms with Crippen molar-refractivity contribution in [2.45, 2.75) is 6.92 Å². The minimum atomic E-state index is -0.995. The zero-order valence-corrected chi connectivity index (χ0v) is 8.78. The maximum Gasteiger partial charge on any atom is 0.339 e. The van der Waals surface area contributed by atoms with E-state index in [-0.39, 0.29) is 5.56 Å². The lowest BCUT2D eigenvalue weighted by molar-refractivity contribution is 0.0695. The van der Waals surface area contributed by atoms with Crippen molar-refractivity contribution in [1.29, 1.82) is 0 Å². The smallest absolute Gasteiger partial charge is 0.339 e. The SMILES string of the molecule is Cc1nc(-c2cccs2)ncc1C(=O)O. The van der Waals surface area contributed by atoms with Gasteiger partial charge in [0, 0.05) is 6.20 Å². The van der Waals surface area contributed by atoms with Crippen LogP contribution in [0.4, 0.5) is 0 Å². The molecule has 0 radical (unpaired) electrons. The zero-order valence-electron chi connectivity index (χ0n) is 7.97. The molecule has 4 nitrogen and oxygen atoms in total. The van der Waals surface area contributed by atoms with Crippen LogP contribution < -0.4 is 0 Å². The molecular weight excluding hydrogens is 212 g/mol. The molecule has 0 spiro atoms. The van der Waals surface area contributed by atoms with Gasteiger partial charge in [0.2, 0.25) is 0 Å². The Kier molecular flexibility index (Phi) is 2.47. The molecule has 76 valence electrons. The van der Waals surface area contributed by atoms with Gasteiger partial charge in [0.05, 0.1) is 16.1 Å². The molecule has 0 atom stereocenters. The molecule has 0 aliphatic heterocycles. The Bertz CT molecular complexity index is 494. The van der Waals surface area contributed by atoms with Crippen molar-refractivity contribution in [3.05, 3.63) is 35.0 Å². The number of aromatic nitrogens is 2. The fourth-order valence-electron chi connectivity index (χ4n) is 1.20. The van der Waals surface area contributed by atoms with Gasteiger partial charge in [-0.05, 0) is 18.4 Å². The van der Waals surface area contributed by atoms with E-state index in [0.717, 1.165) is 4.88 Å². The molecule has 2 rings (SSSR count). The molecule has 0 saturated carbocycles. The van der Waals surface area contributed by atoms with Crippen molar-refractivity contribution in [3.63, 3.8) is 0 Å². The van der Waals surface area contributed by atoms with Crippen molar-refractivity contribution >= 4 is 17.3 Å². The fraction of sp³-hybridized carbons (Fsp3) is 0.100. The number of carboxylic acid groups (broad SMARTS) is 1. The lowest BCUT2D eigenvalue weighted by Gasteiger charge is -2.01. The van der Waals surface area contributed by atoms with Crippen LogP contribution in [-0.4, -0.2) is 21.0 Å². The van der Waals surface area contributed by atoms with Crippen LogP contribution in [0.5, 0.6) is 0 Å². The van der Waals surface area contributed by atoms with Gasteiger partial charge < -0.3 is 5.11 Å². The summed E-state index contributed by atoms with van der Waals surface area (Å²) in [4.78, 5) is 19.9. The molecular formula is C10H8N2O2S. The van der Waals surface area contributed by atoms with Crippen LogP contribution in [0, 0.1) is 6.92 Å². The number of carbonyl (C=O) groups is 1. The molecule has 2 heterocycles. The Hall–Kier alpha value is -1.75. The number of hydrogen-bond donors (Lipinski definition) is 1. The number of hydrogen-bond acceptors (Lipinski definition) is 4. The second kappa shape index (κ2) is 3.78. The molecule has 0 unspecified atom stereocenters. The molecule has 2 aromatic heterocycles. The van der Waals surface area contributed by atoms with Gasteiger partial charge >= 0.3 is 5.97 Å². The number of aryl methyl sites for hydroxylation is 1. The molecule has 0 saturated heterocycles.